The minimum atomic E-state index is -0.350. The standard InChI is InChI=1S/C16H21NO2/c1-3-13-6-4-7-14-8-5-9-17(15(14)10-13)11-16(19)12(2)18/h4,7,10H,3,5-6,8-9,11H2,1-2H3. The molecule has 19 heavy (non-hydrogen) atoms. The van der Waals surface area contributed by atoms with Crippen LogP contribution in [-0.4, -0.2) is 29.6 Å². The lowest BCUT2D eigenvalue weighted by Gasteiger charge is -2.31. The summed E-state index contributed by atoms with van der Waals surface area (Å²) in [6, 6.07) is 0. The van der Waals surface area contributed by atoms with E-state index in [1.807, 2.05) is 0 Å². The number of hydrogen-bond acceptors (Lipinski definition) is 3. The Morgan fingerprint density at radius 2 is 2.16 bits per heavy atom. The van der Waals surface area contributed by atoms with Gasteiger partial charge >= 0.3 is 0 Å². The van der Waals surface area contributed by atoms with Crippen LogP contribution >= 0.6 is 0 Å². The Bertz CT molecular complexity index is 483. The van der Waals surface area contributed by atoms with E-state index in [0.717, 1.165) is 37.9 Å². The summed E-state index contributed by atoms with van der Waals surface area (Å²) < 4.78 is 0. The number of ketones is 2. The van der Waals surface area contributed by atoms with E-state index in [0.29, 0.717) is 0 Å². The van der Waals surface area contributed by atoms with Crippen LogP contribution in [0.2, 0.25) is 0 Å². The second-order valence-corrected chi connectivity index (χ2v) is 5.18. The summed E-state index contributed by atoms with van der Waals surface area (Å²) in [6.07, 6.45) is 10.7. The molecule has 0 fully saturated rings. The van der Waals surface area contributed by atoms with Gasteiger partial charge < -0.3 is 4.90 Å². The molecule has 1 aliphatic carbocycles. The van der Waals surface area contributed by atoms with Crippen molar-refractivity contribution in [3.05, 3.63) is 35.1 Å². The van der Waals surface area contributed by atoms with Crippen LogP contribution in [0.4, 0.5) is 0 Å². The number of rotatable bonds is 4. The minimum absolute atomic E-state index is 0.218. The fraction of sp³-hybridized carbons (Fsp3) is 0.500. The van der Waals surface area contributed by atoms with Crippen molar-refractivity contribution >= 4 is 11.6 Å². The highest BCUT2D eigenvalue weighted by atomic mass is 16.2. The average Bonchev–Trinajstić information content (AvgIpc) is 2.61. The SMILES string of the molecule is CCC1=CC2=C(C=CC1)CCCN2CC(=O)C(C)=O. The first-order valence-corrected chi connectivity index (χ1v) is 6.99. The van der Waals surface area contributed by atoms with Gasteiger partial charge in [0.05, 0.1) is 6.54 Å². The van der Waals surface area contributed by atoms with E-state index in [9.17, 15) is 9.59 Å². The molecule has 0 atom stereocenters. The Balaban J connectivity index is 2.27. The topological polar surface area (TPSA) is 37.4 Å². The van der Waals surface area contributed by atoms with E-state index >= 15 is 0 Å². The van der Waals surface area contributed by atoms with E-state index < -0.39 is 0 Å². The lowest BCUT2D eigenvalue weighted by Crippen LogP contribution is -2.35. The third-order valence-corrected chi connectivity index (χ3v) is 3.77. The van der Waals surface area contributed by atoms with Gasteiger partial charge in [0, 0.05) is 19.2 Å². The zero-order valence-electron chi connectivity index (χ0n) is 11.7. The quantitative estimate of drug-likeness (QED) is 0.729. The monoisotopic (exact) mass is 259 g/mol. The van der Waals surface area contributed by atoms with Gasteiger partial charge in [-0.15, -0.1) is 0 Å². The molecule has 3 heteroatoms. The fourth-order valence-electron chi connectivity index (χ4n) is 2.56. The third-order valence-electron chi connectivity index (χ3n) is 3.77. The highest BCUT2D eigenvalue weighted by Gasteiger charge is 2.22. The van der Waals surface area contributed by atoms with Crippen molar-refractivity contribution in [3.8, 4) is 0 Å². The molecular weight excluding hydrogens is 238 g/mol. The number of Topliss-reactive ketones (excluding diaryl/α,β-unsaturated/α-hetero) is 2. The van der Waals surface area contributed by atoms with Gasteiger partial charge in [-0.1, -0.05) is 24.6 Å². The Morgan fingerprint density at radius 1 is 1.37 bits per heavy atom. The first-order chi connectivity index (χ1) is 9.11. The molecule has 0 N–H and O–H groups in total. The van der Waals surface area contributed by atoms with Gasteiger partial charge in [-0.25, -0.2) is 0 Å². The average molecular weight is 259 g/mol. The number of allylic oxidation sites excluding steroid dienone is 5. The highest BCUT2D eigenvalue weighted by Crippen LogP contribution is 2.29. The maximum absolute atomic E-state index is 11.7. The zero-order valence-corrected chi connectivity index (χ0v) is 11.7. The summed E-state index contributed by atoms with van der Waals surface area (Å²) in [5.41, 5.74) is 3.82. The second-order valence-electron chi connectivity index (χ2n) is 5.18. The van der Waals surface area contributed by atoms with Crippen molar-refractivity contribution in [1.29, 1.82) is 0 Å². The van der Waals surface area contributed by atoms with Crippen LogP contribution < -0.4 is 0 Å². The van der Waals surface area contributed by atoms with Crippen LogP contribution in [0.3, 0.4) is 0 Å². The smallest absolute Gasteiger partial charge is 0.217 e. The van der Waals surface area contributed by atoms with Gasteiger partial charge in [0.2, 0.25) is 5.78 Å². The molecule has 0 unspecified atom stereocenters. The first-order valence-electron chi connectivity index (χ1n) is 6.99. The normalized spacial score (nSPS) is 18.8. The molecule has 0 aromatic carbocycles. The number of carbonyl (C=O) groups is 2. The molecule has 0 spiro atoms. The van der Waals surface area contributed by atoms with Crippen molar-refractivity contribution in [2.24, 2.45) is 0 Å². The molecule has 102 valence electrons. The predicted molar refractivity (Wildman–Crippen MR) is 75.7 cm³/mol. The van der Waals surface area contributed by atoms with Crippen molar-refractivity contribution in [1.82, 2.24) is 4.90 Å². The highest BCUT2D eigenvalue weighted by molar-refractivity contribution is 6.37. The van der Waals surface area contributed by atoms with Gasteiger partial charge in [0.15, 0.2) is 5.78 Å². The van der Waals surface area contributed by atoms with Crippen molar-refractivity contribution in [3.63, 3.8) is 0 Å². The molecular formula is C16H21NO2. The van der Waals surface area contributed by atoms with Crippen LogP contribution in [0.1, 0.15) is 39.5 Å². The first kappa shape index (κ1) is 13.8. The van der Waals surface area contributed by atoms with E-state index in [1.54, 1.807) is 0 Å². The van der Waals surface area contributed by atoms with Crippen LogP contribution in [0.25, 0.3) is 0 Å². The number of hydrogen-bond donors (Lipinski definition) is 0. The molecule has 2 aliphatic rings. The summed E-state index contributed by atoms with van der Waals surface area (Å²) >= 11 is 0. The number of nitrogens with zero attached hydrogens (tertiary/aromatic N) is 1. The van der Waals surface area contributed by atoms with Crippen molar-refractivity contribution in [2.45, 2.75) is 39.5 Å². The maximum Gasteiger partial charge on any atom is 0.217 e. The molecule has 2 rings (SSSR count). The Morgan fingerprint density at radius 3 is 2.84 bits per heavy atom. The Labute approximate surface area is 114 Å². The summed E-state index contributed by atoms with van der Waals surface area (Å²) in [6.45, 7) is 4.58. The van der Waals surface area contributed by atoms with Gasteiger partial charge in [-0.2, -0.15) is 0 Å². The molecule has 1 heterocycles. The van der Waals surface area contributed by atoms with Crippen LogP contribution in [0, 0.1) is 0 Å². The minimum Gasteiger partial charge on any atom is -0.363 e. The van der Waals surface area contributed by atoms with Crippen LogP contribution in [0.15, 0.2) is 35.1 Å². The molecule has 0 saturated heterocycles. The van der Waals surface area contributed by atoms with Gasteiger partial charge in [0.25, 0.3) is 0 Å². The zero-order chi connectivity index (χ0) is 13.8. The van der Waals surface area contributed by atoms with E-state index in [-0.39, 0.29) is 18.1 Å². The molecule has 1 aliphatic heterocycles. The fourth-order valence-corrected chi connectivity index (χ4v) is 2.56. The van der Waals surface area contributed by atoms with E-state index in [4.69, 9.17) is 0 Å². The van der Waals surface area contributed by atoms with Crippen LogP contribution in [-0.2, 0) is 9.59 Å². The Hall–Kier alpha value is -1.64. The molecule has 3 nitrogen and oxygen atoms in total. The maximum atomic E-state index is 11.7. The molecule has 0 radical (unpaired) electrons. The summed E-state index contributed by atoms with van der Waals surface area (Å²) in [7, 11) is 0. The van der Waals surface area contributed by atoms with Crippen LogP contribution in [0.5, 0.6) is 0 Å². The summed E-state index contributed by atoms with van der Waals surface area (Å²) in [4.78, 5) is 24.9. The molecule has 0 bridgehead atoms. The lowest BCUT2D eigenvalue weighted by atomic mass is 10.0. The molecule has 0 saturated carbocycles. The van der Waals surface area contributed by atoms with Crippen molar-refractivity contribution < 1.29 is 9.59 Å². The molecule has 0 aromatic heterocycles. The summed E-state index contributed by atoms with van der Waals surface area (Å²) in [5, 5.41) is 0. The largest absolute Gasteiger partial charge is 0.363 e. The Kier molecular flexibility index (Phi) is 4.35. The third kappa shape index (κ3) is 3.22. The molecule has 0 aromatic rings. The predicted octanol–water partition coefficient (Wildman–Crippen LogP) is 2.79. The lowest BCUT2D eigenvalue weighted by molar-refractivity contribution is -0.135. The van der Waals surface area contributed by atoms with E-state index in [2.05, 4.69) is 30.1 Å². The number of carbonyl (C=O) groups excluding carboxylic acids is 2. The van der Waals surface area contributed by atoms with Gasteiger partial charge in [-0.3, -0.25) is 9.59 Å². The second kappa shape index (κ2) is 6.00. The van der Waals surface area contributed by atoms with Gasteiger partial charge in [0.1, 0.15) is 0 Å². The van der Waals surface area contributed by atoms with E-state index in [1.165, 1.54) is 18.1 Å². The van der Waals surface area contributed by atoms with Gasteiger partial charge in [-0.05, 0) is 37.3 Å². The molecule has 0 amide bonds. The van der Waals surface area contributed by atoms with Crippen molar-refractivity contribution in [2.75, 3.05) is 13.1 Å². The summed E-state index contributed by atoms with van der Waals surface area (Å²) in [5.74, 6) is -0.648.